The second-order valence-electron chi connectivity index (χ2n) is 6.35. The minimum absolute atomic E-state index is 0.136. The predicted molar refractivity (Wildman–Crippen MR) is 87.5 cm³/mol. The average Bonchev–Trinajstić information content (AvgIpc) is 3.12. The van der Waals surface area contributed by atoms with Gasteiger partial charge in [-0.05, 0) is 25.9 Å². The quantitative estimate of drug-likeness (QED) is 0.640. The van der Waals surface area contributed by atoms with Crippen LogP contribution in [0.3, 0.4) is 0 Å². The molecule has 7 nitrogen and oxygen atoms in total. The number of nitrogens with zero attached hydrogens (tertiary/aromatic N) is 2. The Balaban J connectivity index is 0.000000370. The number of thiazole rings is 1. The minimum Gasteiger partial charge on any atom is -0.475 e. The Bertz CT molecular complexity index is 725. The lowest BCUT2D eigenvalue weighted by Gasteiger charge is -2.44. The Kier molecular flexibility index (Phi) is 7.11. The Morgan fingerprint density at radius 3 is 2.28 bits per heavy atom. The largest absolute Gasteiger partial charge is 0.490 e. The molecular formula is C15H17F6N3O4S. The fourth-order valence-corrected chi connectivity index (χ4v) is 3.53. The number of aromatic nitrogens is 1. The van der Waals surface area contributed by atoms with Gasteiger partial charge in [-0.3, -0.25) is 4.79 Å². The van der Waals surface area contributed by atoms with Crippen LogP contribution in [-0.2, 0) is 15.7 Å². The number of aliphatic carboxylic acids is 1. The first-order valence-electron chi connectivity index (χ1n) is 8.31. The molecule has 1 amide bonds. The molecule has 3 rings (SSSR count). The SMILES string of the molecule is O=C(O)C(F)(F)F.O=C(c1csc(C(F)(F)F)n1)N1CCOC2(CCNCC2)C1. The zero-order valence-electron chi connectivity index (χ0n) is 14.8. The summed E-state index contributed by atoms with van der Waals surface area (Å²) < 4.78 is 75.4. The van der Waals surface area contributed by atoms with Crippen LogP contribution in [-0.4, -0.2) is 71.4 Å². The highest BCUT2D eigenvalue weighted by Crippen LogP contribution is 2.33. The molecule has 1 spiro atoms. The van der Waals surface area contributed by atoms with Gasteiger partial charge < -0.3 is 20.1 Å². The highest BCUT2D eigenvalue weighted by atomic mass is 32.1. The fraction of sp³-hybridized carbons (Fsp3) is 0.667. The monoisotopic (exact) mass is 449 g/mol. The Hall–Kier alpha value is -1.93. The molecule has 0 radical (unpaired) electrons. The topological polar surface area (TPSA) is 91.8 Å². The summed E-state index contributed by atoms with van der Waals surface area (Å²) in [6.07, 6.45) is -8.01. The van der Waals surface area contributed by atoms with Crippen LogP contribution in [0.25, 0.3) is 0 Å². The lowest BCUT2D eigenvalue weighted by Crippen LogP contribution is -2.57. The third kappa shape index (κ3) is 6.27. The smallest absolute Gasteiger partial charge is 0.475 e. The molecule has 0 aliphatic carbocycles. The van der Waals surface area contributed by atoms with E-state index >= 15 is 0 Å². The number of amides is 1. The second-order valence-corrected chi connectivity index (χ2v) is 7.20. The molecule has 164 valence electrons. The number of carboxylic acid groups (broad SMARTS) is 1. The van der Waals surface area contributed by atoms with Gasteiger partial charge in [-0.2, -0.15) is 26.3 Å². The first kappa shape index (κ1) is 23.3. The molecule has 0 unspecified atom stereocenters. The van der Waals surface area contributed by atoms with Crippen LogP contribution in [0.5, 0.6) is 0 Å². The van der Waals surface area contributed by atoms with Gasteiger partial charge in [0, 0.05) is 11.9 Å². The third-order valence-corrected chi connectivity index (χ3v) is 5.15. The summed E-state index contributed by atoms with van der Waals surface area (Å²) in [5.74, 6) is -3.21. The fourth-order valence-electron chi connectivity index (χ4n) is 2.87. The van der Waals surface area contributed by atoms with Crippen molar-refractivity contribution < 1.29 is 45.8 Å². The van der Waals surface area contributed by atoms with Crippen molar-refractivity contribution in [2.75, 3.05) is 32.8 Å². The maximum Gasteiger partial charge on any atom is 0.490 e. The molecule has 0 aromatic carbocycles. The highest BCUT2D eigenvalue weighted by Gasteiger charge is 2.41. The molecule has 29 heavy (non-hydrogen) atoms. The number of carbonyl (C=O) groups is 2. The van der Waals surface area contributed by atoms with Crippen molar-refractivity contribution in [3.63, 3.8) is 0 Å². The van der Waals surface area contributed by atoms with Crippen molar-refractivity contribution >= 4 is 23.2 Å². The van der Waals surface area contributed by atoms with Gasteiger partial charge in [0.2, 0.25) is 0 Å². The second kappa shape index (κ2) is 8.83. The molecule has 3 heterocycles. The van der Waals surface area contributed by atoms with E-state index in [1.807, 2.05) is 0 Å². The standard InChI is InChI=1S/C13H16F3N3O2S.C2HF3O2/c14-13(15,16)11-18-9(7-22-11)10(20)19-5-6-21-12(8-19)1-3-17-4-2-12;3-2(4,5)1(6)7/h7,17H,1-6,8H2;(H,6,7). The molecule has 2 aliphatic heterocycles. The summed E-state index contributed by atoms with van der Waals surface area (Å²) >= 11 is 0.451. The summed E-state index contributed by atoms with van der Waals surface area (Å²) in [6.45, 7) is 2.83. The summed E-state index contributed by atoms with van der Waals surface area (Å²) in [4.78, 5) is 26.3. The molecule has 2 saturated heterocycles. The van der Waals surface area contributed by atoms with Crippen molar-refractivity contribution in [3.8, 4) is 0 Å². The number of rotatable bonds is 1. The first-order chi connectivity index (χ1) is 13.3. The van der Waals surface area contributed by atoms with Gasteiger partial charge in [-0.15, -0.1) is 11.3 Å². The number of carboxylic acids is 1. The van der Waals surface area contributed by atoms with E-state index in [0.717, 1.165) is 25.9 Å². The lowest BCUT2D eigenvalue weighted by molar-refractivity contribution is -0.192. The van der Waals surface area contributed by atoms with Crippen molar-refractivity contribution in [1.82, 2.24) is 15.2 Å². The average molecular weight is 449 g/mol. The number of nitrogens with one attached hydrogen (secondary N) is 1. The molecule has 2 N–H and O–H groups in total. The summed E-state index contributed by atoms with van der Waals surface area (Å²) in [5, 5.41) is 10.5. The molecule has 1 aromatic rings. The van der Waals surface area contributed by atoms with Crippen LogP contribution in [0.4, 0.5) is 26.3 Å². The van der Waals surface area contributed by atoms with E-state index < -0.39 is 29.2 Å². The van der Waals surface area contributed by atoms with Crippen LogP contribution in [0, 0.1) is 0 Å². The maximum atomic E-state index is 12.6. The number of morpholine rings is 1. The normalized spacial score (nSPS) is 19.4. The predicted octanol–water partition coefficient (Wildman–Crippen LogP) is 2.39. The number of carbonyl (C=O) groups excluding carboxylic acids is 1. The van der Waals surface area contributed by atoms with E-state index in [1.165, 1.54) is 5.38 Å². The van der Waals surface area contributed by atoms with Crippen LogP contribution in [0.15, 0.2) is 5.38 Å². The molecule has 0 saturated carbocycles. The van der Waals surface area contributed by atoms with E-state index in [4.69, 9.17) is 14.6 Å². The van der Waals surface area contributed by atoms with Crippen molar-refractivity contribution in [1.29, 1.82) is 0 Å². The Morgan fingerprint density at radius 2 is 1.79 bits per heavy atom. The minimum atomic E-state index is -5.08. The van der Waals surface area contributed by atoms with Crippen LogP contribution < -0.4 is 5.32 Å². The summed E-state index contributed by atoms with van der Waals surface area (Å²) in [6, 6.07) is 0. The zero-order valence-corrected chi connectivity index (χ0v) is 15.6. The van der Waals surface area contributed by atoms with E-state index in [9.17, 15) is 31.1 Å². The van der Waals surface area contributed by atoms with E-state index in [1.54, 1.807) is 4.90 Å². The van der Waals surface area contributed by atoms with Gasteiger partial charge in [-0.1, -0.05) is 0 Å². The van der Waals surface area contributed by atoms with Gasteiger partial charge in [0.15, 0.2) is 5.01 Å². The first-order valence-corrected chi connectivity index (χ1v) is 9.19. The van der Waals surface area contributed by atoms with E-state index in [0.29, 0.717) is 31.0 Å². The molecule has 0 bridgehead atoms. The van der Waals surface area contributed by atoms with Crippen LogP contribution in [0.1, 0.15) is 28.3 Å². The maximum absolute atomic E-state index is 12.6. The molecule has 1 aromatic heterocycles. The number of alkyl halides is 6. The lowest BCUT2D eigenvalue weighted by atomic mass is 9.90. The summed E-state index contributed by atoms with van der Waals surface area (Å²) in [7, 11) is 0. The number of hydrogen-bond donors (Lipinski definition) is 2. The molecule has 0 atom stereocenters. The molecule has 2 aliphatic rings. The Labute approximate surface area is 164 Å². The van der Waals surface area contributed by atoms with Gasteiger partial charge in [-0.25, -0.2) is 9.78 Å². The summed E-state index contributed by atoms with van der Waals surface area (Å²) in [5.41, 5.74) is -0.509. The van der Waals surface area contributed by atoms with Crippen molar-refractivity contribution in [2.24, 2.45) is 0 Å². The van der Waals surface area contributed by atoms with E-state index in [2.05, 4.69) is 10.3 Å². The number of ether oxygens (including phenoxy) is 1. The van der Waals surface area contributed by atoms with Crippen molar-refractivity contribution in [3.05, 3.63) is 16.1 Å². The van der Waals surface area contributed by atoms with Gasteiger partial charge in [0.05, 0.1) is 18.8 Å². The van der Waals surface area contributed by atoms with Gasteiger partial charge >= 0.3 is 18.3 Å². The number of piperidine rings is 1. The molecule has 14 heteroatoms. The number of hydrogen-bond acceptors (Lipinski definition) is 6. The van der Waals surface area contributed by atoms with Gasteiger partial charge in [0.25, 0.3) is 5.91 Å². The number of halogens is 6. The van der Waals surface area contributed by atoms with Gasteiger partial charge in [0.1, 0.15) is 5.69 Å². The molecule has 2 fully saturated rings. The highest BCUT2D eigenvalue weighted by molar-refractivity contribution is 7.09. The third-order valence-electron chi connectivity index (χ3n) is 4.26. The van der Waals surface area contributed by atoms with Crippen LogP contribution >= 0.6 is 11.3 Å². The zero-order chi connectivity index (χ0) is 21.9. The van der Waals surface area contributed by atoms with E-state index in [-0.39, 0.29) is 11.3 Å². The van der Waals surface area contributed by atoms with Crippen LogP contribution in [0.2, 0.25) is 0 Å². The molecular weight excluding hydrogens is 432 g/mol. The van der Waals surface area contributed by atoms with Crippen molar-refractivity contribution in [2.45, 2.75) is 30.8 Å². The Morgan fingerprint density at radius 1 is 1.21 bits per heavy atom.